The zero-order valence-electron chi connectivity index (χ0n) is 11.6. The molecule has 0 amide bonds. The summed E-state index contributed by atoms with van der Waals surface area (Å²) in [6.07, 6.45) is 2.84. The molecule has 0 aromatic carbocycles. The molecule has 0 aliphatic heterocycles. The van der Waals surface area contributed by atoms with Gasteiger partial charge < -0.3 is 10.1 Å². The molecule has 6 nitrogen and oxygen atoms in total. The molecule has 20 heavy (non-hydrogen) atoms. The van der Waals surface area contributed by atoms with E-state index in [0.29, 0.717) is 32.0 Å². The van der Waals surface area contributed by atoms with Crippen LogP contribution in [0.2, 0.25) is 5.02 Å². The molecule has 0 aliphatic rings. The summed E-state index contributed by atoms with van der Waals surface area (Å²) in [6, 6.07) is 1.37. The van der Waals surface area contributed by atoms with Crippen LogP contribution in [0.1, 0.15) is 19.8 Å². The van der Waals surface area contributed by atoms with E-state index in [-0.39, 0.29) is 9.92 Å². The molecule has 0 unspecified atom stereocenters. The van der Waals surface area contributed by atoms with Crippen molar-refractivity contribution in [2.45, 2.75) is 24.7 Å². The third-order valence-electron chi connectivity index (χ3n) is 2.47. The summed E-state index contributed by atoms with van der Waals surface area (Å²) >= 11 is 5.92. The van der Waals surface area contributed by atoms with Crippen molar-refractivity contribution in [2.24, 2.45) is 0 Å². The van der Waals surface area contributed by atoms with Gasteiger partial charge in [0.15, 0.2) is 0 Å². The molecule has 2 N–H and O–H groups in total. The minimum Gasteiger partial charge on any atom is -0.381 e. The second kappa shape index (κ2) is 8.41. The number of pyridine rings is 1. The lowest BCUT2D eigenvalue weighted by Gasteiger charge is -2.08. The molecule has 1 aromatic heterocycles. The van der Waals surface area contributed by atoms with Crippen molar-refractivity contribution in [2.75, 3.05) is 32.1 Å². The Hall–Kier alpha value is -0.890. The van der Waals surface area contributed by atoms with Gasteiger partial charge in [-0.3, -0.25) is 0 Å². The van der Waals surface area contributed by atoms with Gasteiger partial charge in [0.05, 0.1) is 5.02 Å². The zero-order valence-corrected chi connectivity index (χ0v) is 13.2. The highest BCUT2D eigenvalue weighted by atomic mass is 35.5. The molecule has 114 valence electrons. The van der Waals surface area contributed by atoms with Gasteiger partial charge in [-0.05, 0) is 18.9 Å². The highest BCUT2D eigenvalue weighted by molar-refractivity contribution is 7.89. The number of halogens is 1. The fourth-order valence-corrected chi connectivity index (χ4v) is 2.83. The van der Waals surface area contributed by atoms with E-state index in [4.69, 9.17) is 16.3 Å². The molecule has 1 aromatic rings. The number of hydrogen-bond donors (Lipinski definition) is 2. The normalized spacial score (nSPS) is 11.6. The quantitative estimate of drug-likeness (QED) is 0.679. The summed E-state index contributed by atoms with van der Waals surface area (Å²) in [5, 5.41) is 3.04. The van der Waals surface area contributed by atoms with Crippen molar-refractivity contribution in [1.29, 1.82) is 0 Å². The topological polar surface area (TPSA) is 80.3 Å². The minimum absolute atomic E-state index is 0.0518. The summed E-state index contributed by atoms with van der Waals surface area (Å²) in [5.74, 6) is 0.443. The number of rotatable bonds is 9. The molecule has 0 saturated carbocycles. The van der Waals surface area contributed by atoms with Crippen molar-refractivity contribution in [1.82, 2.24) is 9.71 Å². The number of aromatic nitrogens is 1. The minimum atomic E-state index is -3.58. The molecule has 0 bridgehead atoms. The molecule has 1 heterocycles. The summed E-state index contributed by atoms with van der Waals surface area (Å²) in [4.78, 5) is 4.00. The van der Waals surface area contributed by atoms with Gasteiger partial charge >= 0.3 is 0 Å². The number of ether oxygens (including phenoxy) is 1. The van der Waals surface area contributed by atoms with Crippen molar-refractivity contribution in [3.63, 3.8) is 0 Å². The van der Waals surface area contributed by atoms with Crippen LogP contribution in [0.5, 0.6) is 0 Å². The van der Waals surface area contributed by atoms with Crippen molar-refractivity contribution in [3.8, 4) is 0 Å². The SMILES string of the molecule is CCCOCCCNS(=O)(=O)c1cnc(NC)c(Cl)c1. The molecule has 0 fully saturated rings. The van der Waals surface area contributed by atoms with Gasteiger partial charge in [0.2, 0.25) is 10.0 Å². The van der Waals surface area contributed by atoms with Gasteiger partial charge in [0, 0.05) is 33.0 Å². The van der Waals surface area contributed by atoms with Crippen LogP contribution in [0.4, 0.5) is 5.82 Å². The van der Waals surface area contributed by atoms with Gasteiger partial charge in [-0.25, -0.2) is 18.1 Å². The third-order valence-corrected chi connectivity index (χ3v) is 4.19. The first-order chi connectivity index (χ1) is 9.51. The highest BCUT2D eigenvalue weighted by Crippen LogP contribution is 2.21. The molecule has 0 atom stereocenters. The largest absolute Gasteiger partial charge is 0.381 e. The summed E-state index contributed by atoms with van der Waals surface area (Å²) < 4.78 is 31.8. The van der Waals surface area contributed by atoms with Crippen LogP contribution in [0.15, 0.2) is 17.2 Å². The fourth-order valence-electron chi connectivity index (χ4n) is 1.46. The number of nitrogens with one attached hydrogen (secondary N) is 2. The Balaban J connectivity index is 2.54. The molecule has 0 saturated heterocycles. The van der Waals surface area contributed by atoms with Gasteiger partial charge in [0.25, 0.3) is 0 Å². The van der Waals surface area contributed by atoms with E-state index in [0.717, 1.165) is 6.42 Å². The van der Waals surface area contributed by atoms with Crippen LogP contribution in [0.3, 0.4) is 0 Å². The first kappa shape index (κ1) is 17.2. The van der Waals surface area contributed by atoms with Gasteiger partial charge in [-0.15, -0.1) is 0 Å². The average molecular weight is 322 g/mol. The van der Waals surface area contributed by atoms with Crippen LogP contribution in [-0.2, 0) is 14.8 Å². The maximum Gasteiger partial charge on any atom is 0.242 e. The van der Waals surface area contributed by atoms with Crippen molar-refractivity contribution in [3.05, 3.63) is 17.3 Å². The van der Waals surface area contributed by atoms with Crippen LogP contribution in [-0.4, -0.2) is 40.2 Å². The molecular weight excluding hydrogens is 302 g/mol. The number of hydrogen-bond acceptors (Lipinski definition) is 5. The first-order valence-electron chi connectivity index (χ1n) is 6.42. The molecule has 0 radical (unpaired) electrons. The fraction of sp³-hybridized carbons (Fsp3) is 0.583. The van der Waals surface area contributed by atoms with E-state index in [2.05, 4.69) is 15.0 Å². The maximum atomic E-state index is 12.0. The molecule has 1 rings (SSSR count). The third kappa shape index (κ3) is 5.24. The van der Waals surface area contributed by atoms with Crippen LogP contribution in [0, 0.1) is 0 Å². The van der Waals surface area contributed by atoms with E-state index in [1.165, 1.54) is 12.3 Å². The van der Waals surface area contributed by atoms with Crippen LogP contribution < -0.4 is 10.0 Å². The lowest BCUT2D eigenvalue weighted by atomic mass is 10.4. The molecule has 0 aliphatic carbocycles. The van der Waals surface area contributed by atoms with Crippen LogP contribution in [0.25, 0.3) is 0 Å². The predicted molar refractivity (Wildman–Crippen MR) is 79.7 cm³/mol. The monoisotopic (exact) mass is 321 g/mol. The summed E-state index contributed by atoms with van der Waals surface area (Å²) in [6.45, 7) is 3.57. The number of nitrogens with zero attached hydrogens (tertiary/aromatic N) is 1. The lowest BCUT2D eigenvalue weighted by Crippen LogP contribution is -2.25. The van der Waals surface area contributed by atoms with Crippen molar-refractivity contribution < 1.29 is 13.2 Å². The highest BCUT2D eigenvalue weighted by Gasteiger charge is 2.15. The predicted octanol–water partition coefficient (Wildman–Crippen LogP) is 1.87. The molecule has 0 spiro atoms. The van der Waals surface area contributed by atoms with E-state index >= 15 is 0 Å². The van der Waals surface area contributed by atoms with Gasteiger partial charge in [-0.1, -0.05) is 18.5 Å². The molecule has 8 heteroatoms. The Morgan fingerprint density at radius 3 is 2.75 bits per heavy atom. The van der Waals surface area contributed by atoms with Crippen LogP contribution >= 0.6 is 11.6 Å². The Labute approximate surface area is 124 Å². The van der Waals surface area contributed by atoms with E-state index < -0.39 is 10.0 Å². The Morgan fingerprint density at radius 2 is 2.15 bits per heavy atom. The number of anilines is 1. The van der Waals surface area contributed by atoms with E-state index in [1.54, 1.807) is 7.05 Å². The maximum absolute atomic E-state index is 12.0. The Kier molecular flexibility index (Phi) is 7.22. The average Bonchev–Trinajstić information content (AvgIpc) is 2.42. The van der Waals surface area contributed by atoms with E-state index in [9.17, 15) is 8.42 Å². The zero-order chi connectivity index (χ0) is 15.0. The Morgan fingerprint density at radius 1 is 1.40 bits per heavy atom. The van der Waals surface area contributed by atoms with E-state index in [1.807, 2.05) is 6.92 Å². The Bertz CT molecular complexity index is 523. The lowest BCUT2D eigenvalue weighted by molar-refractivity contribution is 0.133. The first-order valence-corrected chi connectivity index (χ1v) is 8.28. The summed E-state index contributed by atoms with van der Waals surface area (Å²) in [5.41, 5.74) is 0. The smallest absolute Gasteiger partial charge is 0.242 e. The van der Waals surface area contributed by atoms with Crippen molar-refractivity contribution >= 4 is 27.4 Å². The standard InChI is InChI=1S/C12H20ClN3O3S/c1-3-6-19-7-4-5-16-20(17,18)10-8-11(13)12(14-2)15-9-10/h8-9,16H,3-7H2,1-2H3,(H,14,15). The summed E-state index contributed by atoms with van der Waals surface area (Å²) in [7, 11) is -1.92. The number of sulfonamides is 1. The van der Waals surface area contributed by atoms with Gasteiger partial charge in [0.1, 0.15) is 10.7 Å². The molecular formula is C12H20ClN3O3S. The second-order valence-electron chi connectivity index (χ2n) is 4.12. The van der Waals surface area contributed by atoms with Gasteiger partial charge in [-0.2, -0.15) is 0 Å². The second-order valence-corrected chi connectivity index (χ2v) is 6.29.